The Morgan fingerprint density at radius 3 is 1.64 bits per heavy atom. The molecule has 2 unspecified atom stereocenters. The maximum atomic E-state index is 11.6. The molecule has 0 amide bonds. The molecule has 0 bridgehead atoms. The van der Waals surface area contributed by atoms with E-state index in [1.807, 2.05) is 0 Å². The summed E-state index contributed by atoms with van der Waals surface area (Å²) < 4.78 is 16.0. The van der Waals surface area contributed by atoms with E-state index in [2.05, 4.69) is 22.4 Å². The van der Waals surface area contributed by atoms with Crippen LogP contribution in [0, 0.1) is 0 Å². The summed E-state index contributed by atoms with van der Waals surface area (Å²) in [5.74, 6) is -0.351. The van der Waals surface area contributed by atoms with Crippen molar-refractivity contribution in [3.8, 4) is 0 Å². The Balaban J connectivity index is 3.28. The Morgan fingerprint density at radius 1 is 0.857 bits per heavy atom. The highest BCUT2D eigenvalue weighted by molar-refractivity contribution is 9.39. The van der Waals surface area contributed by atoms with Crippen LogP contribution in [0.15, 0.2) is 0 Å². The molecule has 2 N–H and O–H groups in total. The zero-order valence-electron chi connectivity index (χ0n) is 17.7. The molecule has 0 rings (SSSR count). The summed E-state index contributed by atoms with van der Waals surface area (Å²) in [6.45, 7) is 2.03. The minimum absolute atomic E-state index is 0.228. The molecular weight excluding hydrogens is 443 g/mol. The molecule has 0 aromatic heterocycles. The fraction of sp³-hybridized carbons (Fsp3) is 0.952. The Kier molecular flexibility index (Phi) is 19.2. The minimum atomic E-state index is -3.46. The lowest BCUT2D eigenvalue weighted by molar-refractivity contribution is -0.146. The summed E-state index contributed by atoms with van der Waals surface area (Å²) in [6, 6.07) is 0. The van der Waals surface area contributed by atoms with Gasteiger partial charge in [0.05, 0.1) is 12.3 Å². The standard InChI is InChI=1S/C21H42BrO5P/c1-2-3-4-5-6-7-8-9-10-11-12-13-14-15-16-17-21(24)27-18-20(23)19-28(22,25)26/h20,23H,2-19H2,1H3,(H,25,26). The SMILES string of the molecule is CCCCCCCCCCCCCCCCCC(=O)OCC(O)CP(=O)(O)Br. The topological polar surface area (TPSA) is 83.8 Å². The van der Waals surface area contributed by atoms with Crippen LogP contribution in [-0.2, 0) is 14.1 Å². The van der Waals surface area contributed by atoms with Crippen LogP contribution in [0.1, 0.15) is 110 Å². The highest BCUT2D eigenvalue weighted by atomic mass is 79.9. The van der Waals surface area contributed by atoms with E-state index in [-0.39, 0.29) is 18.7 Å². The molecule has 28 heavy (non-hydrogen) atoms. The predicted octanol–water partition coefficient (Wildman–Crippen LogP) is 6.73. The molecule has 0 aliphatic heterocycles. The fourth-order valence-corrected chi connectivity index (χ4v) is 4.84. The van der Waals surface area contributed by atoms with E-state index in [0.717, 1.165) is 19.3 Å². The third-order valence-corrected chi connectivity index (χ3v) is 6.60. The molecule has 0 aliphatic rings. The first-order valence-corrected chi connectivity index (χ1v) is 15.1. The number of rotatable bonds is 20. The maximum absolute atomic E-state index is 11.6. The first-order chi connectivity index (χ1) is 13.3. The summed E-state index contributed by atoms with van der Waals surface area (Å²) in [5, 5.41) is 9.50. The van der Waals surface area contributed by atoms with Crippen molar-refractivity contribution < 1.29 is 24.1 Å². The molecular formula is C21H42BrO5P. The number of aliphatic hydroxyl groups is 1. The normalized spacial score (nSPS) is 14.6. The zero-order chi connectivity index (χ0) is 21.1. The van der Waals surface area contributed by atoms with Gasteiger partial charge in [0.1, 0.15) is 6.61 Å². The number of aliphatic hydroxyl groups excluding tert-OH is 1. The molecule has 5 nitrogen and oxygen atoms in total. The molecule has 0 radical (unpaired) electrons. The largest absolute Gasteiger partial charge is 0.463 e. The van der Waals surface area contributed by atoms with E-state index in [1.165, 1.54) is 77.0 Å². The van der Waals surface area contributed by atoms with Gasteiger partial charge in [-0.1, -0.05) is 96.8 Å². The fourth-order valence-electron chi connectivity index (χ4n) is 3.21. The average Bonchev–Trinajstić information content (AvgIpc) is 2.62. The molecule has 0 saturated carbocycles. The zero-order valence-corrected chi connectivity index (χ0v) is 20.2. The van der Waals surface area contributed by atoms with Crippen LogP contribution < -0.4 is 0 Å². The lowest BCUT2D eigenvalue weighted by Gasteiger charge is -2.12. The van der Waals surface area contributed by atoms with Crippen LogP contribution in [0.25, 0.3) is 0 Å². The second-order valence-electron chi connectivity index (χ2n) is 7.84. The lowest BCUT2D eigenvalue weighted by atomic mass is 10.0. The third kappa shape index (κ3) is 22.4. The van der Waals surface area contributed by atoms with Gasteiger partial charge in [-0.15, -0.1) is 0 Å². The summed E-state index contributed by atoms with van der Waals surface area (Å²) in [7, 11) is 0. The summed E-state index contributed by atoms with van der Waals surface area (Å²) in [5.41, 5.74) is 0. The van der Waals surface area contributed by atoms with E-state index < -0.39 is 12.2 Å². The molecule has 0 saturated heterocycles. The van der Waals surface area contributed by atoms with Crippen LogP contribution in [0.3, 0.4) is 0 Å². The van der Waals surface area contributed by atoms with Crippen LogP contribution in [0.2, 0.25) is 0 Å². The Hall–Kier alpha value is 0.1000. The minimum Gasteiger partial charge on any atom is -0.463 e. The van der Waals surface area contributed by atoms with Gasteiger partial charge >= 0.3 is 5.97 Å². The van der Waals surface area contributed by atoms with Gasteiger partial charge in [-0.05, 0) is 6.42 Å². The van der Waals surface area contributed by atoms with Gasteiger partial charge in [0, 0.05) is 21.9 Å². The van der Waals surface area contributed by atoms with Crippen molar-refractivity contribution in [3.63, 3.8) is 0 Å². The first kappa shape index (κ1) is 28.1. The Labute approximate surface area is 180 Å². The highest BCUT2D eigenvalue weighted by Gasteiger charge is 2.20. The van der Waals surface area contributed by atoms with Gasteiger partial charge in [-0.2, -0.15) is 0 Å². The van der Waals surface area contributed by atoms with Crippen molar-refractivity contribution in [2.24, 2.45) is 0 Å². The monoisotopic (exact) mass is 484 g/mol. The van der Waals surface area contributed by atoms with Crippen molar-refractivity contribution >= 4 is 27.5 Å². The molecule has 0 aromatic carbocycles. The van der Waals surface area contributed by atoms with E-state index in [0.29, 0.717) is 6.42 Å². The van der Waals surface area contributed by atoms with Gasteiger partial charge < -0.3 is 14.7 Å². The van der Waals surface area contributed by atoms with E-state index in [1.54, 1.807) is 0 Å². The summed E-state index contributed by atoms with van der Waals surface area (Å²) in [6.07, 6.45) is 14.6. The van der Waals surface area contributed by atoms with Crippen molar-refractivity contribution in [2.45, 2.75) is 116 Å². The summed E-state index contributed by atoms with van der Waals surface area (Å²) in [4.78, 5) is 20.6. The van der Waals surface area contributed by atoms with Gasteiger partial charge in [-0.25, -0.2) is 0 Å². The second kappa shape index (κ2) is 19.1. The second-order valence-corrected chi connectivity index (χ2v) is 12.8. The maximum Gasteiger partial charge on any atom is 0.305 e. The van der Waals surface area contributed by atoms with E-state index in [9.17, 15) is 14.5 Å². The van der Waals surface area contributed by atoms with Gasteiger partial charge in [-0.3, -0.25) is 9.36 Å². The number of ether oxygens (including phenoxy) is 1. The number of halogens is 1. The number of hydrogen-bond acceptors (Lipinski definition) is 4. The molecule has 0 aromatic rings. The Bertz CT molecular complexity index is 414. The number of hydrogen-bond donors (Lipinski definition) is 2. The number of esters is 1. The molecule has 0 spiro atoms. The highest BCUT2D eigenvalue weighted by Crippen LogP contribution is 2.49. The summed E-state index contributed by atoms with van der Waals surface area (Å²) >= 11 is 2.60. The smallest absolute Gasteiger partial charge is 0.305 e. The van der Waals surface area contributed by atoms with Crippen LogP contribution in [-0.4, -0.2) is 34.8 Å². The predicted molar refractivity (Wildman–Crippen MR) is 120 cm³/mol. The molecule has 168 valence electrons. The molecule has 0 fully saturated rings. The molecule has 2 atom stereocenters. The van der Waals surface area contributed by atoms with Gasteiger partial charge in [0.15, 0.2) is 0 Å². The van der Waals surface area contributed by atoms with E-state index >= 15 is 0 Å². The van der Waals surface area contributed by atoms with Crippen LogP contribution >= 0.6 is 21.6 Å². The van der Waals surface area contributed by atoms with Crippen molar-refractivity contribution in [1.29, 1.82) is 0 Å². The van der Waals surface area contributed by atoms with E-state index in [4.69, 9.17) is 9.63 Å². The first-order valence-electron chi connectivity index (χ1n) is 11.2. The van der Waals surface area contributed by atoms with Gasteiger partial charge in [0.25, 0.3) is 6.07 Å². The van der Waals surface area contributed by atoms with Crippen LogP contribution in [0.4, 0.5) is 0 Å². The lowest BCUT2D eigenvalue weighted by Crippen LogP contribution is -2.21. The van der Waals surface area contributed by atoms with Crippen molar-refractivity contribution in [2.75, 3.05) is 12.8 Å². The molecule has 0 heterocycles. The number of carbonyl (C=O) groups excluding carboxylic acids is 1. The average molecular weight is 485 g/mol. The van der Waals surface area contributed by atoms with Crippen molar-refractivity contribution in [1.82, 2.24) is 0 Å². The molecule has 7 heteroatoms. The number of carbonyl (C=O) groups is 1. The Morgan fingerprint density at radius 2 is 1.25 bits per heavy atom. The van der Waals surface area contributed by atoms with Crippen molar-refractivity contribution in [3.05, 3.63) is 0 Å². The molecule has 0 aliphatic carbocycles. The van der Waals surface area contributed by atoms with Gasteiger partial charge in [0.2, 0.25) is 0 Å². The third-order valence-electron chi connectivity index (χ3n) is 4.86. The quantitative estimate of drug-likeness (QED) is 0.113. The van der Waals surface area contributed by atoms with Crippen LogP contribution in [0.5, 0.6) is 0 Å². The number of unbranched alkanes of at least 4 members (excludes halogenated alkanes) is 14.